The molecule has 0 spiro atoms. The van der Waals surface area contributed by atoms with Gasteiger partial charge in [-0.05, 0) is 80.5 Å². The number of anilines is 2. The van der Waals surface area contributed by atoms with Gasteiger partial charge in [-0.3, -0.25) is 9.69 Å². The van der Waals surface area contributed by atoms with Crippen molar-refractivity contribution in [3.05, 3.63) is 53.3 Å². The molecular formula is C29H36FN3O4. The lowest BCUT2D eigenvalue weighted by Gasteiger charge is -2.34. The van der Waals surface area contributed by atoms with Crippen LogP contribution >= 0.6 is 0 Å². The fourth-order valence-electron chi connectivity index (χ4n) is 6.20. The van der Waals surface area contributed by atoms with E-state index < -0.39 is 0 Å². The fourth-order valence-corrected chi connectivity index (χ4v) is 6.20. The molecule has 1 amide bonds. The smallest absolute Gasteiger partial charge is 0.258 e. The Morgan fingerprint density at radius 1 is 1.03 bits per heavy atom. The lowest BCUT2D eigenvalue weighted by Crippen LogP contribution is -2.44. The molecule has 3 saturated heterocycles. The molecule has 4 heterocycles. The summed E-state index contributed by atoms with van der Waals surface area (Å²) < 4.78 is 26.9. The zero-order valence-corrected chi connectivity index (χ0v) is 21.3. The number of likely N-dealkylation sites (tertiary alicyclic amines) is 1. The first-order valence-electron chi connectivity index (χ1n) is 13.7. The molecule has 0 aromatic heterocycles. The molecule has 0 radical (unpaired) electrons. The molecule has 3 fully saturated rings. The number of benzene rings is 2. The molecule has 7 nitrogen and oxygen atoms in total. The SMILES string of the molecule is O=C1c2ccc(OC[C@@H]3CCCO3)cc2CCN1c1ccc(N2CCC(N3CCC(O)CC3)C2)c(F)c1. The average molecular weight is 510 g/mol. The van der Waals surface area contributed by atoms with Crippen molar-refractivity contribution in [1.29, 1.82) is 0 Å². The third-order valence-electron chi connectivity index (χ3n) is 8.38. The van der Waals surface area contributed by atoms with Gasteiger partial charge in [-0.15, -0.1) is 0 Å². The van der Waals surface area contributed by atoms with Gasteiger partial charge in [0.05, 0.1) is 17.9 Å². The number of aliphatic hydroxyl groups is 1. The lowest BCUT2D eigenvalue weighted by atomic mass is 9.98. The average Bonchev–Trinajstić information content (AvgIpc) is 3.61. The number of rotatable bonds is 6. The van der Waals surface area contributed by atoms with Crippen molar-refractivity contribution in [1.82, 2.24) is 4.90 Å². The minimum Gasteiger partial charge on any atom is -0.491 e. The molecule has 2 atom stereocenters. The molecule has 8 heteroatoms. The maximum Gasteiger partial charge on any atom is 0.258 e. The lowest BCUT2D eigenvalue weighted by molar-refractivity contribution is 0.0653. The van der Waals surface area contributed by atoms with Crippen molar-refractivity contribution in [2.45, 2.75) is 56.8 Å². The van der Waals surface area contributed by atoms with E-state index in [-0.39, 0.29) is 23.9 Å². The first-order valence-corrected chi connectivity index (χ1v) is 13.7. The van der Waals surface area contributed by atoms with Crippen LogP contribution in [0.15, 0.2) is 36.4 Å². The highest BCUT2D eigenvalue weighted by molar-refractivity contribution is 6.08. The molecule has 1 unspecified atom stereocenters. The van der Waals surface area contributed by atoms with Gasteiger partial charge in [-0.2, -0.15) is 0 Å². The van der Waals surface area contributed by atoms with Gasteiger partial charge < -0.3 is 24.4 Å². The monoisotopic (exact) mass is 509 g/mol. The zero-order valence-electron chi connectivity index (χ0n) is 21.3. The van der Waals surface area contributed by atoms with E-state index in [0.29, 0.717) is 42.6 Å². The molecule has 2 aromatic carbocycles. The normalized spacial score (nSPS) is 25.1. The van der Waals surface area contributed by atoms with E-state index in [1.54, 1.807) is 4.90 Å². The number of carbonyl (C=O) groups excluding carboxylic acids is 1. The van der Waals surface area contributed by atoms with E-state index in [4.69, 9.17) is 9.47 Å². The topological polar surface area (TPSA) is 65.5 Å². The first-order chi connectivity index (χ1) is 18.0. The number of nitrogens with zero attached hydrogens (tertiary/aromatic N) is 3. The molecule has 4 aliphatic rings. The standard InChI is InChI=1S/C29H36FN3O4/c30-27-17-21(3-6-28(27)32-11-8-22(18-32)31-12-9-23(34)10-13-31)33-14-7-20-16-24(4-5-26(20)29(33)35)37-19-25-2-1-15-36-25/h3-6,16-17,22-23,25,34H,1-2,7-15,18-19H2/t22?,25-/m0/s1. The van der Waals surface area contributed by atoms with Crippen molar-refractivity contribution in [2.75, 3.05) is 55.7 Å². The van der Waals surface area contributed by atoms with Crippen LogP contribution < -0.4 is 14.5 Å². The van der Waals surface area contributed by atoms with Gasteiger partial charge in [-0.25, -0.2) is 4.39 Å². The van der Waals surface area contributed by atoms with Gasteiger partial charge in [0.25, 0.3) is 5.91 Å². The minimum atomic E-state index is -0.288. The van der Waals surface area contributed by atoms with Crippen LogP contribution in [0.3, 0.4) is 0 Å². The van der Waals surface area contributed by atoms with Crippen LogP contribution in [0.4, 0.5) is 15.8 Å². The molecule has 1 N–H and O–H groups in total. The molecule has 0 aliphatic carbocycles. The van der Waals surface area contributed by atoms with Crippen LogP contribution in [0.2, 0.25) is 0 Å². The summed E-state index contributed by atoms with van der Waals surface area (Å²) >= 11 is 0. The van der Waals surface area contributed by atoms with Crippen molar-refractivity contribution >= 4 is 17.3 Å². The number of halogens is 1. The zero-order chi connectivity index (χ0) is 25.4. The van der Waals surface area contributed by atoms with Crippen molar-refractivity contribution in [3.8, 4) is 5.75 Å². The number of aliphatic hydroxyl groups excluding tert-OH is 1. The summed E-state index contributed by atoms with van der Waals surface area (Å²) in [6.45, 7) is 5.25. The summed E-state index contributed by atoms with van der Waals surface area (Å²) in [4.78, 5) is 19.5. The second kappa shape index (κ2) is 10.6. The van der Waals surface area contributed by atoms with Gasteiger partial charge in [0, 0.05) is 56.6 Å². The molecule has 4 aliphatic heterocycles. The molecule has 0 bridgehead atoms. The second-order valence-corrected chi connectivity index (χ2v) is 10.8. The highest BCUT2D eigenvalue weighted by Gasteiger charge is 2.32. The van der Waals surface area contributed by atoms with Crippen LogP contribution in [0.25, 0.3) is 0 Å². The van der Waals surface area contributed by atoms with E-state index in [2.05, 4.69) is 9.80 Å². The quantitative estimate of drug-likeness (QED) is 0.642. The number of hydrogen-bond donors (Lipinski definition) is 1. The molecular weight excluding hydrogens is 473 g/mol. The van der Waals surface area contributed by atoms with Gasteiger partial charge >= 0.3 is 0 Å². The van der Waals surface area contributed by atoms with Crippen LogP contribution in [-0.2, 0) is 11.2 Å². The third kappa shape index (κ3) is 5.19. The number of ether oxygens (including phenoxy) is 2. The Kier molecular flexibility index (Phi) is 7.06. The number of carbonyl (C=O) groups is 1. The molecule has 0 saturated carbocycles. The number of hydrogen-bond acceptors (Lipinski definition) is 6. The maximum absolute atomic E-state index is 15.3. The Bertz CT molecular complexity index is 1130. The Balaban J connectivity index is 1.10. The summed E-state index contributed by atoms with van der Waals surface area (Å²) in [6, 6.07) is 11.2. The van der Waals surface area contributed by atoms with Crippen molar-refractivity contribution in [3.63, 3.8) is 0 Å². The van der Waals surface area contributed by atoms with Crippen LogP contribution in [-0.4, -0.2) is 80.1 Å². The summed E-state index contributed by atoms with van der Waals surface area (Å²) in [7, 11) is 0. The van der Waals surface area contributed by atoms with E-state index in [9.17, 15) is 9.90 Å². The van der Waals surface area contributed by atoms with E-state index >= 15 is 4.39 Å². The third-order valence-corrected chi connectivity index (χ3v) is 8.38. The predicted molar refractivity (Wildman–Crippen MR) is 140 cm³/mol. The molecule has 6 rings (SSSR count). The van der Waals surface area contributed by atoms with Gasteiger partial charge in [0.15, 0.2) is 0 Å². The van der Waals surface area contributed by atoms with Gasteiger partial charge in [-0.1, -0.05) is 0 Å². The predicted octanol–water partition coefficient (Wildman–Crippen LogP) is 3.62. The molecule has 198 valence electrons. The second-order valence-electron chi connectivity index (χ2n) is 10.8. The maximum atomic E-state index is 15.3. The van der Waals surface area contributed by atoms with E-state index in [1.165, 1.54) is 6.07 Å². The van der Waals surface area contributed by atoms with Gasteiger partial charge in [0.2, 0.25) is 0 Å². The number of amides is 1. The highest BCUT2D eigenvalue weighted by Crippen LogP contribution is 2.32. The minimum absolute atomic E-state index is 0.104. The molecule has 2 aromatic rings. The Hall–Kier alpha value is -2.68. The summed E-state index contributed by atoms with van der Waals surface area (Å²) in [5.74, 6) is 0.367. The van der Waals surface area contributed by atoms with E-state index in [0.717, 1.165) is 76.2 Å². The largest absolute Gasteiger partial charge is 0.491 e. The van der Waals surface area contributed by atoms with Crippen LogP contribution in [0.5, 0.6) is 5.75 Å². The Labute approximate surface area is 217 Å². The van der Waals surface area contributed by atoms with Gasteiger partial charge in [0.1, 0.15) is 18.2 Å². The first kappa shape index (κ1) is 24.6. The Morgan fingerprint density at radius 2 is 1.89 bits per heavy atom. The summed E-state index contributed by atoms with van der Waals surface area (Å²) in [5.41, 5.74) is 2.81. The van der Waals surface area contributed by atoms with Crippen molar-refractivity contribution < 1.29 is 23.8 Å². The van der Waals surface area contributed by atoms with E-state index in [1.807, 2.05) is 30.3 Å². The summed E-state index contributed by atoms with van der Waals surface area (Å²) in [5, 5.41) is 9.79. The van der Waals surface area contributed by atoms with Crippen LogP contribution in [0.1, 0.15) is 48.0 Å². The van der Waals surface area contributed by atoms with Crippen molar-refractivity contribution in [2.24, 2.45) is 0 Å². The number of fused-ring (bicyclic) bond motifs is 1. The Morgan fingerprint density at radius 3 is 2.68 bits per heavy atom. The number of piperidine rings is 1. The fraction of sp³-hybridized carbons (Fsp3) is 0.552. The summed E-state index contributed by atoms with van der Waals surface area (Å²) in [6.07, 6.45) is 5.39. The van der Waals surface area contributed by atoms with Crippen LogP contribution in [0, 0.1) is 5.82 Å². The molecule has 37 heavy (non-hydrogen) atoms. The highest BCUT2D eigenvalue weighted by atomic mass is 19.1.